The van der Waals surface area contributed by atoms with Crippen molar-refractivity contribution < 1.29 is 10.2 Å². The zero-order valence-corrected chi connectivity index (χ0v) is 19.8. The van der Waals surface area contributed by atoms with Crippen molar-refractivity contribution in [2.75, 3.05) is 26.3 Å². The van der Waals surface area contributed by atoms with Crippen LogP contribution in [-0.4, -0.2) is 41.4 Å². The van der Waals surface area contributed by atoms with Crippen molar-refractivity contribution in [1.29, 1.82) is 0 Å². The minimum Gasteiger partial charge on any atom is -0.395 e. The second kappa shape index (κ2) is 25.5. The molecule has 0 radical (unpaired) electrons. The predicted molar refractivity (Wildman–Crippen MR) is 128 cm³/mol. The van der Waals surface area contributed by atoms with E-state index in [1.165, 1.54) is 116 Å². The second-order valence-corrected chi connectivity index (χ2v) is 8.67. The van der Waals surface area contributed by atoms with E-state index in [9.17, 15) is 0 Å². The average molecular weight is 412 g/mol. The summed E-state index contributed by atoms with van der Waals surface area (Å²) < 4.78 is 0. The zero-order chi connectivity index (χ0) is 21.3. The van der Waals surface area contributed by atoms with Gasteiger partial charge in [0, 0.05) is 13.1 Å². The molecule has 0 aliphatic rings. The van der Waals surface area contributed by atoms with Gasteiger partial charge in [0.1, 0.15) is 0 Å². The number of hydrogen-bond acceptors (Lipinski definition) is 3. The molecule has 0 heterocycles. The maximum atomic E-state index is 8.97. The van der Waals surface area contributed by atoms with Gasteiger partial charge < -0.3 is 15.1 Å². The van der Waals surface area contributed by atoms with Crippen LogP contribution in [0.3, 0.4) is 0 Å². The molecule has 3 nitrogen and oxygen atoms in total. The lowest BCUT2D eigenvalue weighted by Crippen LogP contribution is -2.24. The van der Waals surface area contributed by atoms with E-state index in [1.807, 2.05) is 11.1 Å². The molecule has 0 unspecified atom stereocenters. The minimum absolute atomic E-state index is 0.142. The lowest BCUT2D eigenvalue weighted by molar-refractivity contribution is 0.198. The average Bonchev–Trinajstić information content (AvgIpc) is 2.72. The molecule has 0 rings (SSSR count). The van der Waals surface area contributed by atoms with E-state index >= 15 is 0 Å². The van der Waals surface area contributed by atoms with Gasteiger partial charge in [-0.05, 0) is 19.0 Å². The summed E-state index contributed by atoms with van der Waals surface area (Å²) >= 11 is 0. The van der Waals surface area contributed by atoms with Crippen LogP contribution >= 0.6 is 0 Å². The molecule has 0 amide bonds. The third-order valence-corrected chi connectivity index (χ3v) is 5.81. The Labute approximate surface area is 183 Å². The summed E-state index contributed by atoms with van der Waals surface area (Å²) in [6.07, 6.45) is 30.8. The second-order valence-electron chi connectivity index (χ2n) is 8.67. The van der Waals surface area contributed by atoms with Crippen LogP contribution in [0.5, 0.6) is 0 Å². The fourth-order valence-corrected chi connectivity index (χ4v) is 3.91. The van der Waals surface area contributed by atoms with Crippen molar-refractivity contribution >= 4 is 0 Å². The van der Waals surface area contributed by atoms with Crippen molar-refractivity contribution in [3.8, 4) is 0 Å². The van der Waals surface area contributed by atoms with Crippen LogP contribution in [0.2, 0.25) is 0 Å². The Morgan fingerprint density at radius 3 is 1.21 bits per heavy atom. The van der Waals surface area contributed by atoms with Gasteiger partial charge in [-0.15, -0.1) is 0 Å². The van der Waals surface area contributed by atoms with E-state index in [-0.39, 0.29) is 13.2 Å². The Hall–Kier alpha value is -0.540. The highest BCUT2D eigenvalue weighted by atomic mass is 16.3. The Balaban J connectivity index is 3.18. The SMILES string of the molecule is CCCCCCCCCCCCCCCCCCCCC=CN(CCO)CCO. The zero-order valence-electron chi connectivity index (χ0n) is 19.8. The highest BCUT2D eigenvalue weighted by molar-refractivity contribution is 4.82. The van der Waals surface area contributed by atoms with Crippen LogP contribution in [0.1, 0.15) is 129 Å². The number of rotatable bonds is 24. The van der Waals surface area contributed by atoms with Gasteiger partial charge in [-0.25, -0.2) is 0 Å². The van der Waals surface area contributed by atoms with Gasteiger partial charge in [0.05, 0.1) is 13.2 Å². The first-order valence-electron chi connectivity index (χ1n) is 13.0. The molecule has 0 aromatic carbocycles. The van der Waals surface area contributed by atoms with Crippen LogP contribution in [0, 0.1) is 0 Å². The van der Waals surface area contributed by atoms with Gasteiger partial charge in [0.25, 0.3) is 0 Å². The molecule has 0 aromatic rings. The van der Waals surface area contributed by atoms with Gasteiger partial charge in [0.15, 0.2) is 0 Å². The molecule has 0 aromatic heterocycles. The molecule has 29 heavy (non-hydrogen) atoms. The van der Waals surface area contributed by atoms with E-state index in [2.05, 4.69) is 13.0 Å². The van der Waals surface area contributed by atoms with Crippen LogP contribution in [-0.2, 0) is 0 Å². The third-order valence-electron chi connectivity index (χ3n) is 5.81. The maximum Gasteiger partial charge on any atom is 0.0606 e. The summed E-state index contributed by atoms with van der Waals surface area (Å²) in [4.78, 5) is 1.98. The first-order chi connectivity index (χ1) is 14.3. The molecular formula is C26H53NO2. The Morgan fingerprint density at radius 1 is 0.517 bits per heavy atom. The summed E-state index contributed by atoms with van der Waals surface area (Å²) in [6, 6.07) is 0. The molecule has 0 fully saturated rings. The topological polar surface area (TPSA) is 43.7 Å². The maximum absolute atomic E-state index is 8.97. The molecule has 0 bridgehead atoms. The van der Waals surface area contributed by atoms with Crippen molar-refractivity contribution in [3.05, 3.63) is 12.3 Å². The summed E-state index contributed by atoms with van der Waals surface area (Å²) in [5, 5.41) is 17.9. The standard InChI is InChI=1S/C26H53NO2/c1-2-3-4-5-6-7-8-9-10-11-12-13-14-15-16-17-18-19-20-21-22-27(23-25-28)24-26-29/h21-22,28-29H,2-20,23-26H2,1H3. The fraction of sp³-hybridized carbons (Fsp3) is 0.923. The molecule has 174 valence electrons. The van der Waals surface area contributed by atoms with Gasteiger partial charge in [-0.3, -0.25) is 0 Å². The summed E-state index contributed by atoms with van der Waals surface area (Å²) in [5.74, 6) is 0. The number of aliphatic hydroxyl groups is 2. The van der Waals surface area contributed by atoms with Crippen LogP contribution in [0.4, 0.5) is 0 Å². The van der Waals surface area contributed by atoms with Gasteiger partial charge in [-0.2, -0.15) is 0 Å². The van der Waals surface area contributed by atoms with Crippen molar-refractivity contribution in [2.24, 2.45) is 0 Å². The fourth-order valence-electron chi connectivity index (χ4n) is 3.91. The molecule has 0 aliphatic heterocycles. The summed E-state index contributed by atoms with van der Waals surface area (Å²) in [5.41, 5.74) is 0. The van der Waals surface area contributed by atoms with E-state index < -0.39 is 0 Å². The molecule has 0 aliphatic carbocycles. The largest absolute Gasteiger partial charge is 0.395 e. The van der Waals surface area contributed by atoms with Gasteiger partial charge in [0.2, 0.25) is 0 Å². The number of allylic oxidation sites excluding steroid dienone is 1. The smallest absolute Gasteiger partial charge is 0.0606 e. The van der Waals surface area contributed by atoms with Gasteiger partial charge >= 0.3 is 0 Å². The van der Waals surface area contributed by atoms with Crippen LogP contribution in [0.15, 0.2) is 12.3 Å². The van der Waals surface area contributed by atoms with E-state index in [0.717, 1.165) is 6.42 Å². The number of aliphatic hydroxyl groups excluding tert-OH is 2. The molecule has 3 heteroatoms. The van der Waals surface area contributed by atoms with Crippen LogP contribution < -0.4 is 0 Å². The molecule has 0 saturated carbocycles. The Kier molecular flexibility index (Phi) is 25.0. The normalized spacial score (nSPS) is 11.6. The lowest BCUT2D eigenvalue weighted by Gasteiger charge is -2.17. The summed E-state index contributed by atoms with van der Waals surface area (Å²) in [7, 11) is 0. The predicted octanol–water partition coefficient (Wildman–Crippen LogP) is 7.22. The van der Waals surface area contributed by atoms with E-state index in [4.69, 9.17) is 10.2 Å². The van der Waals surface area contributed by atoms with Crippen LogP contribution in [0.25, 0.3) is 0 Å². The highest BCUT2D eigenvalue weighted by Crippen LogP contribution is 2.14. The molecule has 0 atom stereocenters. The molecule has 2 N–H and O–H groups in total. The van der Waals surface area contributed by atoms with Gasteiger partial charge in [-0.1, -0.05) is 122 Å². The molecule has 0 spiro atoms. The minimum atomic E-state index is 0.142. The number of hydrogen-bond donors (Lipinski definition) is 2. The van der Waals surface area contributed by atoms with Crippen molar-refractivity contribution in [2.45, 2.75) is 129 Å². The summed E-state index contributed by atoms with van der Waals surface area (Å²) in [6.45, 7) is 3.79. The third kappa shape index (κ3) is 23.6. The Morgan fingerprint density at radius 2 is 0.862 bits per heavy atom. The number of unbranched alkanes of at least 4 members (excludes halogenated alkanes) is 18. The number of nitrogens with zero attached hydrogens (tertiary/aromatic N) is 1. The van der Waals surface area contributed by atoms with Crippen molar-refractivity contribution in [3.63, 3.8) is 0 Å². The first-order valence-corrected chi connectivity index (χ1v) is 13.0. The highest BCUT2D eigenvalue weighted by Gasteiger charge is 1.97. The van der Waals surface area contributed by atoms with E-state index in [0.29, 0.717) is 13.1 Å². The first kappa shape index (κ1) is 28.5. The lowest BCUT2D eigenvalue weighted by atomic mass is 10.0. The molecular weight excluding hydrogens is 358 g/mol. The van der Waals surface area contributed by atoms with E-state index in [1.54, 1.807) is 0 Å². The molecule has 0 saturated heterocycles. The quantitative estimate of drug-likeness (QED) is 0.165. The Bertz CT molecular complexity index is 314. The van der Waals surface area contributed by atoms with Crippen molar-refractivity contribution in [1.82, 2.24) is 4.90 Å². The monoisotopic (exact) mass is 411 g/mol.